The molecule has 2 heterocycles. The maximum atomic E-state index is 13.2. The van der Waals surface area contributed by atoms with Gasteiger partial charge in [0, 0.05) is 5.69 Å². The molecule has 2 aromatic carbocycles. The predicted octanol–water partition coefficient (Wildman–Crippen LogP) is 4.34. The third kappa shape index (κ3) is 4.84. The van der Waals surface area contributed by atoms with E-state index in [1.807, 2.05) is 26.0 Å². The Kier molecular flexibility index (Phi) is 5.90. The zero-order valence-corrected chi connectivity index (χ0v) is 18.7. The molecule has 0 aliphatic carbocycles. The van der Waals surface area contributed by atoms with E-state index in [1.54, 1.807) is 30.3 Å². The smallest absolute Gasteiger partial charge is 0.243 e. The number of nitrogens with one attached hydrogen (secondary N) is 1. The first kappa shape index (κ1) is 21.2. The Balaban J connectivity index is 1.57. The fourth-order valence-corrected chi connectivity index (χ4v) is 5.37. The highest BCUT2D eigenvalue weighted by molar-refractivity contribution is 7.89. The third-order valence-corrected chi connectivity index (χ3v) is 7.41. The van der Waals surface area contributed by atoms with E-state index in [1.165, 1.54) is 29.7 Å². The number of sulfonamides is 1. The molecule has 160 valence electrons. The standard InChI is InChI=1S/C22H21N3O4S2/c1-15-5-8-19(9-6-15)31(27,28)25(13-18-4-3-11-29-18)14-22(26)24-17-7-10-20-21(12-17)30-16(2)23-20/h3-12H,13-14H2,1-2H3,(H,24,26). The first-order chi connectivity index (χ1) is 14.8. The van der Waals surface area contributed by atoms with E-state index in [4.69, 9.17) is 4.42 Å². The van der Waals surface area contributed by atoms with Crippen LogP contribution in [0.3, 0.4) is 0 Å². The summed E-state index contributed by atoms with van der Waals surface area (Å²) in [5, 5.41) is 3.73. The van der Waals surface area contributed by atoms with Crippen LogP contribution in [0.25, 0.3) is 10.2 Å². The number of carbonyl (C=O) groups excluding carboxylic acids is 1. The van der Waals surface area contributed by atoms with Gasteiger partial charge < -0.3 is 9.73 Å². The molecule has 0 unspecified atom stereocenters. The van der Waals surface area contributed by atoms with Crippen molar-refractivity contribution < 1.29 is 17.6 Å². The Morgan fingerprint density at radius 2 is 1.90 bits per heavy atom. The number of amides is 1. The fraction of sp³-hybridized carbons (Fsp3) is 0.182. The van der Waals surface area contributed by atoms with E-state index in [-0.39, 0.29) is 18.0 Å². The molecule has 0 saturated heterocycles. The van der Waals surface area contributed by atoms with Crippen LogP contribution in [0.4, 0.5) is 5.69 Å². The number of fused-ring (bicyclic) bond motifs is 1. The number of nitrogens with zero attached hydrogens (tertiary/aromatic N) is 2. The van der Waals surface area contributed by atoms with Gasteiger partial charge >= 0.3 is 0 Å². The number of anilines is 1. The van der Waals surface area contributed by atoms with Gasteiger partial charge in [-0.25, -0.2) is 13.4 Å². The molecule has 0 fully saturated rings. The van der Waals surface area contributed by atoms with Crippen LogP contribution in [0.15, 0.2) is 70.2 Å². The maximum Gasteiger partial charge on any atom is 0.243 e. The molecule has 0 saturated carbocycles. The first-order valence-electron chi connectivity index (χ1n) is 9.57. The highest BCUT2D eigenvalue weighted by Gasteiger charge is 2.27. The second-order valence-electron chi connectivity index (χ2n) is 7.13. The molecule has 7 nitrogen and oxygen atoms in total. The van der Waals surface area contributed by atoms with Crippen LogP contribution < -0.4 is 5.32 Å². The highest BCUT2D eigenvalue weighted by atomic mass is 32.2. The van der Waals surface area contributed by atoms with E-state index in [0.29, 0.717) is 11.4 Å². The Labute approximate surface area is 184 Å². The van der Waals surface area contributed by atoms with Crippen LogP contribution in [0.2, 0.25) is 0 Å². The van der Waals surface area contributed by atoms with Gasteiger partial charge in [0.1, 0.15) is 5.76 Å². The van der Waals surface area contributed by atoms with Crippen molar-refractivity contribution in [1.29, 1.82) is 0 Å². The van der Waals surface area contributed by atoms with Crippen molar-refractivity contribution in [3.8, 4) is 0 Å². The quantitative estimate of drug-likeness (QED) is 0.448. The molecule has 4 aromatic rings. The van der Waals surface area contributed by atoms with Crippen molar-refractivity contribution in [3.05, 3.63) is 77.2 Å². The van der Waals surface area contributed by atoms with E-state index in [2.05, 4.69) is 10.3 Å². The number of furan rings is 1. The monoisotopic (exact) mass is 455 g/mol. The van der Waals surface area contributed by atoms with Crippen LogP contribution in [-0.2, 0) is 21.4 Å². The fourth-order valence-electron chi connectivity index (χ4n) is 3.14. The topological polar surface area (TPSA) is 92.5 Å². The van der Waals surface area contributed by atoms with Crippen molar-refractivity contribution in [2.24, 2.45) is 0 Å². The Morgan fingerprint density at radius 1 is 1.13 bits per heavy atom. The third-order valence-electron chi connectivity index (χ3n) is 4.67. The SMILES string of the molecule is Cc1ccc(S(=O)(=O)N(CC(=O)Nc2ccc3nc(C)sc3c2)Cc2ccco2)cc1. The summed E-state index contributed by atoms with van der Waals surface area (Å²) >= 11 is 1.53. The summed E-state index contributed by atoms with van der Waals surface area (Å²) in [7, 11) is -3.91. The molecule has 4 rings (SSSR count). The summed E-state index contributed by atoms with van der Waals surface area (Å²) in [6.07, 6.45) is 1.47. The highest BCUT2D eigenvalue weighted by Crippen LogP contribution is 2.25. The minimum Gasteiger partial charge on any atom is -0.468 e. The van der Waals surface area contributed by atoms with Crippen LogP contribution in [-0.4, -0.2) is 30.2 Å². The minimum atomic E-state index is -3.91. The van der Waals surface area contributed by atoms with Crippen LogP contribution in [0.1, 0.15) is 16.3 Å². The summed E-state index contributed by atoms with van der Waals surface area (Å²) in [6.45, 7) is 3.40. The first-order valence-corrected chi connectivity index (χ1v) is 11.8. The number of hydrogen-bond donors (Lipinski definition) is 1. The zero-order valence-electron chi connectivity index (χ0n) is 17.0. The summed E-state index contributed by atoms with van der Waals surface area (Å²) in [6, 6.07) is 15.3. The number of carbonyl (C=O) groups is 1. The number of rotatable bonds is 7. The Hall–Kier alpha value is -3.01. The van der Waals surface area contributed by atoms with Crippen molar-refractivity contribution in [1.82, 2.24) is 9.29 Å². The number of aromatic nitrogens is 1. The molecule has 9 heteroatoms. The van der Waals surface area contributed by atoms with Crippen molar-refractivity contribution in [2.45, 2.75) is 25.3 Å². The average molecular weight is 456 g/mol. The van der Waals surface area contributed by atoms with Gasteiger partial charge in [-0.3, -0.25) is 4.79 Å². The summed E-state index contributed by atoms with van der Waals surface area (Å²) in [5.74, 6) is 0.00729. The molecule has 1 amide bonds. The normalized spacial score (nSPS) is 11.8. The van der Waals surface area contributed by atoms with E-state index in [0.717, 1.165) is 25.1 Å². The molecule has 0 atom stereocenters. The van der Waals surface area contributed by atoms with Gasteiger partial charge in [0.15, 0.2) is 0 Å². The van der Waals surface area contributed by atoms with Gasteiger partial charge in [-0.2, -0.15) is 4.31 Å². The Morgan fingerprint density at radius 3 is 2.61 bits per heavy atom. The van der Waals surface area contributed by atoms with Crippen LogP contribution in [0, 0.1) is 13.8 Å². The van der Waals surface area contributed by atoms with Gasteiger partial charge in [-0.1, -0.05) is 17.7 Å². The largest absolute Gasteiger partial charge is 0.468 e. The lowest BCUT2D eigenvalue weighted by atomic mass is 10.2. The number of aryl methyl sites for hydroxylation is 2. The molecule has 31 heavy (non-hydrogen) atoms. The molecule has 0 aliphatic rings. The number of benzene rings is 2. The zero-order chi connectivity index (χ0) is 22.0. The molecule has 0 aliphatic heterocycles. The lowest BCUT2D eigenvalue weighted by Gasteiger charge is -2.21. The van der Waals surface area contributed by atoms with E-state index >= 15 is 0 Å². The molecule has 2 aromatic heterocycles. The van der Waals surface area contributed by atoms with Crippen molar-refractivity contribution in [3.63, 3.8) is 0 Å². The molecule has 1 N–H and O–H groups in total. The van der Waals surface area contributed by atoms with E-state index in [9.17, 15) is 13.2 Å². The lowest BCUT2D eigenvalue weighted by molar-refractivity contribution is -0.116. The molecular formula is C22H21N3O4S2. The minimum absolute atomic E-state index is 0.0519. The second-order valence-corrected chi connectivity index (χ2v) is 10.3. The summed E-state index contributed by atoms with van der Waals surface area (Å²) < 4.78 is 33.9. The average Bonchev–Trinajstić information content (AvgIpc) is 3.36. The number of thiazole rings is 1. The number of hydrogen-bond acceptors (Lipinski definition) is 6. The molecule has 0 radical (unpaired) electrons. The lowest BCUT2D eigenvalue weighted by Crippen LogP contribution is -2.37. The predicted molar refractivity (Wildman–Crippen MR) is 120 cm³/mol. The van der Waals surface area contributed by atoms with Crippen LogP contribution in [0.5, 0.6) is 0 Å². The van der Waals surface area contributed by atoms with Gasteiger partial charge in [-0.05, 0) is 56.3 Å². The van der Waals surface area contributed by atoms with Crippen molar-refractivity contribution >= 4 is 43.2 Å². The second kappa shape index (κ2) is 8.62. The molecule has 0 bridgehead atoms. The van der Waals surface area contributed by atoms with Crippen LogP contribution >= 0.6 is 11.3 Å². The van der Waals surface area contributed by atoms with Gasteiger partial charge in [0.05, 0.1) is 39.5 Å². The van der Waals surface area contributed by atoms with E-state index < -0.39 is 15.9 Å². The summed E-state index contributed by atoms with van der Waals surface area (Å²) in [5.41, 5.74) is 2.40. The van der Waals surface area contributed by atoms with Gasteiger partial charge in [0.25, 0.3) is 0 Å². The molecular weight excluding hydrogens is 434 g/mol. The maximum absolute atomic E-state index is 13.2. The van der Waals surface area contributed by atoms with Gasteiger partial charge in [0.2, 0.25) is 15.9 Å². The van der Waals surface area contributed by atoms with Crippen molar-refractivity contribution in [2.75, 3.05) is 11.9 Å². The summed E-state index contributed by atoms with van der Waals surface area (Å²) in [4.78, 5) is 17.3. The Bertz CT molecular complexity index is 1310. The molecule has 0 spiro atoms. The van der Waals surface area contributed by atoms with Gasteiger partial charge in [-0.15, -0.1) is 11.3 Å².